The molecule has 39 heavy (non-hydrogen) atoms. The van der Waals surface area contributed by atoms with Crippen LogP contribution < -0.4 is 9.62 Å². The number of benzene rings is 3. The van der Waals surface area contributed by atoms with Crippen LogP contribution in [0.5, 0.6) is 0 Å². The highest BCUT2D eigenvalue weighted by molar-refractivity contribution is 7.92. The fourth-order valence-electron chi connectivity index (χ4n) is 4.07. The Kier molecular flexibility index (Phi) is 10.8. The van der Waals surface area contributed by atoms with Crippen LogP contribution in [0.1, 0.15) is 31.4 Å². The summed E-state index contributed by atoms with van der Waals surface area (Å²) in [6.07, 6.45) is 1.98. The van der Waals surface area contributed by atoms with Crippen LogP contribution >= 0.6 is 23.2 Å². The molecule has 1 N–H and O–H groups in total. The van der Waals surface area contributed by atoms with E-state index in [1.807, 2.05) is 74.5 Å². The molecule has 2 unspecified atom stereocenters. The summed E-state index contributed by atoms with van der Waals surface area (Å²) in [5.41, 5.74) is 1.83. The number of sulfonamides is 1. The number of halogens is 2. The summed E-state index contributed by atoms with van der Waals surface area (Å²) in [7, 11) is -3.91. The van der Waals surface area contributed by atoms with Crippen LogP contribution in [0, 0.1) is 0 Å². The van der Waals surface area contributed by atoms with Gasteiger partial charge in [0.2, 0.25) is 21.8 Å². The van der Waals surface area contributed by atoms with Gasteiger partial charge in [-0.3, -0.25) is 13.9 Å². The van der Waals surface area contributed by atoms with Crippen molar-refractivity contribution in [3.8, 4) is 0 Å². The van der Waals surface area contributed by atoms with Gasteiger partial charge in [-0.15, -0.1) is 0 Å². The topological polar surface area (TPSA) is 86.8 Å². The lowest BCUT2D eigenvalue weighted by molar-refractivity contribution is -0.140. The van der Waals surface area contributed by atoms with E-state index in [4.69, 9.17) is 23.2 Å². The number of nitrogens with one attached hydrogen (secondary N) is 1. The normalized spacial score (nSPS) is 12.8. The number of carbonyl (C=O) groups excluding carboxylic acids is 2. The average molecular weight is 591 g/mol. The van der Waals surface area contributed by atoms with Crippen molar-refractivity contribution in [2.75, 3.05) is 17.1 Å². The van der Waals surface area contributed by atoms with Gasteiger partial charge >= 0.3 is 0 Å². The third-order valence-corrected chi connectivity index (χ3v) is 7.86. The van der Waals surface area contributed by atoms with Gasteiger partial charge in [0.25, 0.3) is 0 Å². The van der Waals surface area contributed by atoms with Gasteiger partial charge in [0.1, 0.15) is 12.6 Å². The molecule has 10 heteroatoms. The summed E-state index contributed by atoms with van der Waals surface area (Å²) in [6, 6.07) is 22.0. The maximum atomic E-state index is 14.0. The zero-order valence-electron chi connectivity index (χ0n) is 22.2. The van der Waals surface area contributed by atoms with E-state index in [1.54, 1.807) is 0 Å². The summed E-state index contributed by atoms with van der Waals surface area (Å²) < 4.78 is 26.6. The zero-order chi connectivity index (χ0) is 28.6. The molecular formula is C29H33Cl2N3O4S. The summed E-state index contributed by atoms with van der Waals surface area (Å²) in [5, 5.41) is 3.46. The van der Waals surface area contributed by atoms with Gasteiger partial charge in [-0.1, -0.05) is 90.8 Å². The fourth-order valence-corrected chi connectivity index (χ4v) is 5.42. The molecule has 3 aromatic rings. The van der Waals surface area contributed by atoms with E-state index >= 15 is 0 Å². The van der Waals surface area contributed by atoms with Crippen molar-refractivity contribution in [3.63, 3.8) is 0 Å². The van der Waals surface area contributed by atoms with Crippen molar-refractivity contribution >= 4 is 50.7 Å². The van der Waals surface area contributed by atoms with Crippen LogP contribution in [0.25, 0.3) is 0 Å². The Morgan fingerprint density at radius 2 is 1.44 bits per heavy atom. The Morgan fingerprint density at radius 3 is 1.95 bits per heavy atom. The van der Waals surface area contributed by atoms with Gasteiger partial charge in [0, 0.05) is 29.1 Å². The Bertz CT molecular complexity index is 1350. The molecule has 2 atom stereocenters. The summed E-state index contributed by atoms with van der Waals surface area (Å²) in [5.74, 6) is -0.852. The highest BCUT2D eigenvalue weighted by Crippen LogP contribution is 2.27. The number of hydrogen-bond donors (Lipinski definition) is 1. The third-order valence-electron chi connectivity index (χ3n) is 6.28. The molecule has 0 bridgehead atoms. The molecular weight excluding hydrogens is 557 g/mol. The van der Waals surface area contributed by atoms with Crippen molar-refractivity contribution < 1.29 is 18.0 Å². The highest BCUT2D eigenvalue weighted by atomic mass is 35.5. The summed E-state index contributed by atoms with van der Waals surface area (Å²) in [6.45, 7) is 3.43. The van der Waals surface area contributed by atoms with E-state index < -0.39 is 28.5 Å². The quantitative estimate of drug-likeness (QED) is 0.310. The number of amides is 2. The molecule has 2 amide bonds. The van der Waals surface area contributed by atoms with Gasteiger partial charge in [-0.2, -0.15) is 0 Å². The van der Waals surface area contributed by atoms with Gasteiger partial charge < -0.3 is 10.2 Å². The zero-order valence-corrected chi connectivity index (χ0v) is 24.5. The molecule has 0 aliphatic rings. The number of rotatable bonds is 12. The van der Waals surface area contributed by atoms with Crippen molar-refractivity contribution in [3.05, 3.63) is 100 Å². The van der Waals surface area contributed by atoms with Crippen LogP contribution in [0.4, 0.5) is 5.69 Å². The average Bonchev–Trinajstić information content (AvgIpc) is 2.88. The van der Waals surface area contributed by atoms with Gasteiger partial charge in [-0.25, -0.2) is 8.42 Å². The van der Waals surface area contributed by atoms with Crippen LogP contribution in [-0.4, -0.2) is 50.0 Å². The lowest BCUT2D eigenvalue weighted by Gasteiger charge is -2.34. The Morgan fingerprint density at radius 1 is 0.897 bits per heavy atom. The SMILES string of the molecule is CCC(C)NC(=O)C(Cc1ccccc1)N(Cc1ccccc1)C(=O)CN(c1cc(Cl)cc(Cl)c1)S(C)(=O)=O. The third kappa shape index (κ3) is 8.98. The molecule has 208 valence electrons. The van der Waals surface area contributed by atoms with Gasteiger partial charge in [-0.05, 0) is 42.7 Å². The van der Waals surface area contributed by atoms with Crippen molar-refractivity contribution in [2.24, 2.45) is 0 Å². The van der Waals surface area contributed by atoms with Crippen molar-refractivity contribution in [1.29, 1.82) is 0 Å². The fraction of sp³-hybridized carbons (Fsp3) is 0.310. The van der Waals surface area contributed by atoms with Crippen molar-refractivity contribution in [1.82, 2.24) is 10.2 Å². The first-order valence-corrected chi connectivity index (χ1v) is 15.2. The van der Waals surface area contributed by atoms with Crippen LogP contribution in [-0.2, 0) is 32.6 Å². The highest BCUT2D eigenvalue weighted by Gasteiger charge is 2.33. The molecule has 0 aliphatic carbocycles. The smallest absolute Gasteiger partial charge is 0.244 e. The van der Waals surface area contributed by atoms with Gasteiger partial charge in [0.05, 0.1) is 11.9 Å². The minimum atomic E-state index is -3.91. The molecule has 3 aromatic carbocycles. The predicted molar refractivity (Wildman–Crippen MR) is 157 cm³/mol. The van der Waals surface area contributed by atoms with E-state index in [1.165, 1.54) is 23.1 Å². The lowest BCUT2D eigenvalue weighted by atomic mass is 10.0. The molecule has 0 saturated carbocycles. The number of anilines is 1. The first kappa shape index (κ1) is 30.5. The molecule has 0 aromatic heterocycles. The molecule has 7 nitrogen and oxygen atoms in total. The molecule has 0 aliphatic heterocycles. The Balaban J connectivity index is 2.05. The van der Waals surface area contributed by atoms with Crippen LogP contribution in [0.15, 0.2) is 78.9 Å². The molecule has 3 rings (SSSR count). The Hall–Kier alpha value is -3.07. The van der Waals surface area contributed by atoms with Crippen LogP contribution in [0.2, 0.25) is 10.0 Å². The second-order valence-electron chi connectivity index (χ2n) is 9.43. The minimum absolute atomic E-state index is 0.106. The first-order valence-electron chi connectivity index (χ1n) is 12.6. The predicted octanol–water partition coefficient (Wildman–Crippen LogP) is 5.31. The molecule has 0 saturated heterocycles. The maximum Gasteiger partial charge on any atom is 0.244 e. The number of carbonyl (C=O) groups is 2. The molecule has 0 spiro atoms. The van der Waals surface area contributed by atoms with E-state index in [0.29, 0.717) is 6.42 Å². The lowest BCUT2D eigenvalue weighted by Crippen LogP contribution is -2.54. The summed E-state index contributed by atoms with van der Waals surface area (Å²) >= 11 is 12.3. The summed E-state index contributed by atoms with van der Waals surface area (Å²) in [4.78, 5) is 29.1. The molecule has 0 heterocycles. The van der Waals surface area contributed by atoms with E-state index in [0.717, 1.165) is 21.7 Å². The largest absolute Gasteiger partial charge is 0.352 e. The van der Waals surface area contributed by atoms with E-state index in [9.17, 15) is 18.0 Å². The van der Waals surface area contributed by atoms with E-state index in [2.05, 4.69) is 5.32 Å². The Labute approximate surface area is 240 Å². The van der Waals surface area contributed by atoms with E-state index in [-0.39, 0.29) is 40.6 Å². The standard InChI is InChI=1S/C29H33Cl2N3O4S/c1-4-21(2)32-29(36)27(15-22-11-7-5-8-12-22)33(19-23-13-9-6-10-14-23)28(35)20-34(39(3,37)38)26-17-24(30)16-25(31)18-26/h5-14,16-18,21,27H,4,15,19-20H2,1-3H3,(H,32,36). The number of nitrogens with zero attached hydrogens (tertiary/aromatic N) is 2. The first-order chi connectivity index (χ1) is 18.5. The molecule has 0 fully saturated rings. The second kappa shape index (κ2) is 13.8. The second-order valence-corrected chi connectivity index (χ2v) is 12.2. The maximum absolute atomic E-state index is 14.0. The molecule has 0 radical (unpaired) electrons. The van der Waals surface area contributed by atoms with Crippen LogP contribution in [0.3, 0.4) is 0 Å². The minimum Gasteiger partial charge on any atom is -0.352 e. The van der Waals surface area contributed by atoms with Crippen molar-refractivity contribution in [2.45, 2.75) is 45.3 Å². The number of hydrogen-bond acceptors (Lipinski definition) is 4. The van der Waals surface area contributed by atoms with Gasteiger partial charge in [0.15, 0.2) is 0 Å². The monoisotopic (exact) mass is 589 g/mol.